The predicted molar refractivity (Wildman–Crippen MR) is 91.1 cm³/mol. The van der Waals surface area contributed by atoms with Crippen molar-refractivity contribution in [3.63, 3.8) is 0 Å². The Labute approximate surface area is 116 Å². The Balaban J connectivity index is 3.39. The molecule has 102 valence electrons. The van der Waals surface area contributed by atoms with Crippen molar-refractivity contribution in [3.8, 4) is 0 Å². The lowest BCUT2D eigenvalue weighted by atomic mass is 9.99. The first-order valence-corrected chi connectivity index (χ1v) is 14.2. The Kier molecular flexibility index (Phi) is 4.66. The van der Waals surface area contributed by atoms with E-state index in [4.69, 9.17) is 0 Å². The minimum absolute atomic E-state index is 0.691. The maximum absolute atomic E-state index is 2.52. The summed E-state index contributed by atoms with van der Waals surface area (Å²) in [6.45, 7) is 19.4. The Morgan fingerprint density at radius 3 is 1.50 bits per heavy atom. The van der Waals surface area contributed by atoms with Crippen LogP contribution in [-0.4, -0.2) is 16.1 Å². The standard InChI is InChI=1S/C16H30Si2/c1-9-13(2)14-10-15(17(3,4)5)12-16(11-14)18(6,7)8/h10-13H,9H2,1-8H3. The van der Waals surface area contributed by atoms with E-state index in [0.29, 0.717) is 5.92 Å². The first-order chi connectivity index (χ1) is 8.05. The summed E-state index contributed by atoms with van der Waals surface area (Å²) in [7, 11) is -2.42. The van der Waals surface area contributed by atoms with Crippen LogP contribution in [0.2, 0.25) is 39.3 Å². The summed E-state index contributed by atoms with van der Waals surface area (Å²) in [4.78, 5) is 0. The Bertz CT molecular complexity index is 376. The van der Waals surface area contributed by atoms with E-state index in [9.17, 15) is 0 Å². The van der Waals surface area contributed by atoms with Gasteiger partial charge >= 0.3 is 0 Å². The van der Waals surface area contributed by atoms with E-state index in [1.807, 2.05) is 0 Å². The van der Waals surface area contributed by atoms with E-state index in [1.54, 1.807) is 15.9 Å². The van der Waals surface area contributed by atoms with Crippen molar-refractivity contribution in [1.82, 2.24) is 0 Å². The topological polar surface area (TPSA) is 0 Å². The highest BCUT2D eigenvalue weighted by molar-refractivity contribution is 6.91. The molecule has 0 N–H and O–H groups in total. The highest BCUT2D eigenvalue weighted by atomic mass is 28.3. The van der Waals surface area contributed by atoms with Gasteiger partial charge in [0.2, 0.25) is 0 Å². The van der Waals surface area contributed by atoms with Crippen LogP contribution in [-0.2, 0) is 0 Å². The molecule has 0 aromatic heterocycles. The summed E-state index contributed by atoms with van der Waals surface area (Å²) in [6, 6.07) is 7.50. The number of rotatable bonds is 4. The monoisotopic (exact) mass is 278 g/mol. The number of benzene rings is 1. The Morgan fingerprint density at radius 1 is 0.833 bits per heavy atom. The molecule has 1 unspecified atom stereocenters. The van der Waals surface area contributed by atoms with E-state index < -0.39 is 16.1 Å². The lowest BCUT2D eigenvalue weighted by Crippen LogP contribution is -2.45. The molecule has 2 heteroatoms. The van der Waals surface area contributed by atoms with Gasteiger partial charge in [-0.1, -0.05) is 81.7 Å². The zero-order valence-electron chi connectivity index (χ0n) is 13.5. The lowest BCUT2D eigenvalue weighted by molar-refractivity contribution is 0.735. The van der Waals surface area contributed by atoms with Crippen molar-refractivity contribution < 1.29 is 0 Å². The normalized spacial score (nSPS) is 14.7. The SMILES string of the molecule is CCC(C)c1cc([Si](C)(C)C)cc([Si](C)(C)C)c1. The van der Waals surface area contributed by atoms with E-state index in [2.05, 4.69) is 71.3 Å². The van der Waals surface area contributed by atoms with Crippen molar-refractivity contribution in [2.24, 2.45) is 0 Å². The number of hydrogen-bond donors (Lipinski definition) is 0. The zero-order chi connectivity index (χ0) is 14.1. The highest BCUT2D eigenvalue weighted by Gasteiger charge is 2.23. The Hall–Kier alpha value is -0.346. The molecular weight excluding hydrogens is 248 g/mol. The van der Waals surface area contributed by atoms with Crippen LogP contribution in [0.3, 0.4) is 0 Å². The molecule has 0 aliphatic rings. The molecule has 1 rings (SSSR count). The molecule has 0 saturated heterocycles. The van der Waals surface area contributed by atoms with E-state index in [0.717, 1.165) is 0 Å². The minimum atomic E-state index is -1.21. The smallest absolute Gasteiger partial charge is 0.0656 e. The van der Waals surface area contributed by atoms with Gasteiger partial charge in [-0.15, -0.1) is 0 Å². The van der Waals surface area contributed by atoms with Crippen molar-refractivity contribution in [3.05, 3.63) is 23.8 Å². The highest BCUT2D eigenvalue weighted by Crippen LogP contribution is 2.19. The second-order valence-corrected chi connectivity index (χ2v) is 17.8. The molecule has 1 aromatic rings. The van der Waals surface area contributed by atoms with Gasteiger partial charge < -0.3 is 0 Å². The average Bonchev–Trinajstić information content (AvgIpc) is 2.25. The van der Waals surface area contributed by atoms with E-state index >= 15 is 0 Å². The summed E-state index contributed by atoms with van der Waals surface area (Å²) < 4.78 is 0. The summed E-state index contributed by atoms with van der Waals surface area (Å²) in [5.74, 6) is 0.691. The van der Waals surface area contributed by atoms with Gasteiger partial charge in [0.1, 0.15) is 0 Å². The summed E-state index contributed by atoms with van der Waals surface area (Å²) in [5, 5.41) is 3.27. The molecule has 0 saturated carbocycles. The quantitative estimate of drug-likeness (QED) is 0.721. The molecule has 0 radical (unpaired) electrons. The van der Waals surface area contributed by atoms with Crippen LogP contribution in [0.25, 0.3) is 0 Å². The third kappa shape index (κ3) is 3.82. The Morgan fingerprint density at radius 2 is 1.22 bits per heavy atom. The van der Waals surface area contributed by atoms with Gasteiger partial charge in [0.15, 0.2) is 0 Å². The van der Waals surface area contributed by atoms with Crippen LogP contribution in [0, 0.1) is 0 Å². The van der Waals surface area contributed by atoms with Gasteiger partial charge in [-0.25, -0.2) is 0 Å². The molecule has 0 aliphatic carbocycles. The van der Waals surface area contributed by atoms with Crippen LogP contribution in [0.4, 0.5) is 0 Å². The van der Waals surface area contributed by atoms with Crippen LogP contribution < -0.4 is 10.4 Å². The lowest BCUT2D eigenvalue weighted by Gasteiger charge is -2.25. The summed E-state index contributed by atoms with van der Waals surface area (Å²) in [5.41, 5.74) is 1.56. The first kappa shape index (κ1) is 15.7. The molecule has 0 nitrogen and oxygen atoms in total. The van der Waals surface area contributed by atoms with E-state index in [1.165, 1.54) is 6.42 Å². The second-order valence-electron chi connectivity index (χ2n) is 7.65. The molecular formula is C16H30Si2. The van der Waals surface area contributed by atoms with Crippen LogP contribution in [0.1, 0.15) is 31.7 Å². The molecule has 0 amide bonds. The van der Waals surface area contributed by atoms with Crippen LogP contribution in [0.5, 0.6) is 0 Å². The largest absolute Gasteiger partial charge is 0.0775 e. The van der Waals surface area contributed by atoms with Gasteiger partial charge in [0.25, 0.3) is 0 Å². The average molecular weight is 279 g/mol. The molecule has 1 atom stereocenters. The molecule has 0 aliphatic heterocycles. The molecule has 0 fully saturated rings. The third-order valence-electron chi connectivity index (χ3n) is 3.87. The molecule has 1 aromatic carbocycles. The fourth-order valence-corrected chi connectivity index (χ4v) is 4.56. The van der Waals surface area contributed by atoms with E-state index in [-0.39, 0.29) is 0 Å². The van der Waals surface area contributed by atoms with Crippen molar-refractivity contribution in [1.29, 1.82) is 0 Å². The molecule has 0 spiro atoms. The van der Waals surface area contributed by atoms with Crippen LogP contribution >= 0.6 is 0 Å². The first-order valence-electron chi connectivity index (χ1n) is 7.21. The fourth-order valence-electron chi connectivity index (χ4n) is 2.04. The molecule has 18 heavy (non-hydrogen) atoms. The minimum Gasteiger partial charge on any atom is -0.0656 e. The van der Waals surface area contributed by atoms with Gasteiger partial charge in [-0.2, -0.15) is 0 Å². The second kappa shape index (κ2) is 5.34. The maximum Gasteiger partial charge on any atom is 0.0775 e. The number of hydrogen-bond acceptors (Lipinski definition) is 0. The maximum atomic E-state index is 2.52. The molecule has 0 bridgehead atoms. The summed E-state index contributed by atoms with van der Waals surface area (Å²) in [6.07, 6.45) is 1.24. The van der Waals surface area contributed by atoms with Crippen molar-refractivity contribution >= 4 is 26.5 Å². The van der Waals surface area contributed by atoms with Crippen LogP contribution in [0.15, 0.2) is 18.2 Å². The van der Waals surface area contributed by atoms with Gasteiger partial charge in [0.05, 0.1) is 16.1 Å². The van der Waals surface area contributed by atoms with Gasteiger partial charge in [-0.05, 0) is 17.9 Å². The third-order valence-corrected chi connectivity index (χ3v) is 7.91. The summed E-state index contributed by atoms with van der Waals surface area (Å²) >= 11 is 0. The zero-order valence-corrected chi connectivity index (χ0v) is 15.5. The fraction of sp³-hybridized carbons (Fsp3) is 0.625. The van der Waals surface area contributed by atoms with Gasteiger partial charge in [-0.3, -0.25) is 0 Å². The predicted octanol–water partition coefficient (Wildman–Crippen LogP) is 4.29. The van der Waals surface area contributed by atoms with Gasteiger partial charge in [0, 0.05) is 0 Å². The van der Waals surface area contributed by atoms with Crippen molar-refractivity contribution in [2.75, 3.05) is 0 Å². The van der Waals surface area contributed by atoms with Crippen molar-refractivity contribution in [2.45, 2.75) is 65.5 Å². The molecule has 0 heterocycles.